The van der Waals surface area contributed by atoms with Crippen LogP contribution in [0.2, 0.25) is 0 Å². The van der Waals surface area contributed by atoms with E-state index in [1.165, 1.54) is 54.7 Å². The van der Waals surface area contributed by atoms with Gasteiger partial charge in [0, 0.05) is 5.56 Å². The molecule has 174 valence electrons. The number of fused-ring (bicyclic) bond motifs is 1. The molecule has 0 fully saturated rings. The zero-order valence-corrected chi connectivity index (χ0v) is 18.7. The average Bonchev–Trinajstić information content (AvgIpc) is 2.79. The van der Waals surface area contributed by atoms with Crippen molar-refractivity contribution in [2.45, 2.75) is 64.1 Å². The van der Waals surface area contributed by atoms with Gasteiger partial charge in [0.15, 0.2) is 0 Å². The largest absolute Gasteiger partial charge is 0.573 e. The fourth-order valence-electron chi connectivity index (χ4n) is 4.69. The van der Waals surface area contributed by atoms with Crippen molar-refractivity contribution in [3.63, 3.8) is 0 Å². The lowest BCUT2D eigenvalue weighted by Gasteiger charge is -2.26. The first kappa shape index (κ1) is 23.3. The van der Waals surface area contributed by atoms with E-state index in [0.29, 0.717) is 23.5 Å². The highest BCUT2D eigenvalue weighted by Gasteiger charge is 2.31. The zero-order valence-electron chi connectivity index (χ0n) is 18.7. The van der Waals surface area contributed by atoms with Crippen LogP contribution in [0.5, 0.6) is 5.75 Å². The quantitative estimate of drug-likeness (QED) is 0.256. The normalized spacial score (nSPS) is 15.8. The van der Waals surface area contributed by atoms with E-state index in [0.717, 1.165) is 30.4 Å². The van der Waals surface area contributed by atoms with E-state index >= 15 is 4.39 Å². The molecule has 5 heteroatoms. The van der Waals surface area contributed by atoms with Crippen LogP contribution in [-0.4, -0.2) is 6.36 Å². The highest BCUT2D eigenvalue weighted by molar-refractivity contribution is 5.67. The van der Waals surface area contributed by atoms with Gasteiger partial charge in [0.25, 0.3) is 0 Å². The smallest absolute Gasteiger partial charge is 0.406 e. The topological polar surface area (TPSA) is 9.23 Å². The second-order valence-corrected chi connectivity index (χ2v) is 8.78. The fourth-order valence-corrected chi connectivity index (χ4v) is 4.69. The maximum Gasteiger partial charge on any atom is 0.573 e. The molecule has 4 rings (SSSR count). The molecule has 1 unspecified atom stereocenters. The Hall–Kier alpha value is -2.82. The Bertz CT molecular complexity index is 1070. The monoisotopic (exact) mass is 456 g/mol. The predicted molar refractivity (Wildman–Crippen MR) is 123 cm³/mol. The summed E-state index contributed by atoms with van der Waals surface area (Å²) >= 11 is 0. The van der Waals surface area contributed by atoms with Crippen molar-refractivity contribution >= 4 is 0 Å². The third kappa shape index (κ3) is 5.76. The van der Waals surface area contributed by atoms with Gasteiger partial charge in [-0.25, -0.2) is 4.39 Å². The standard InChI is InChI=1S/C28H28F4O/c1-2-3-4-5-19-6-8-20(9-7-19)22-12-16-26-23(18-22)13-17-25(27(26)29)21-10-14-24(15-11-21)33-28(30,31)32/h6-11,13-15,17,22H,2-5,12,16,18H2,1H3. The summed E-state index contributed by atoms with van der Waals surface area (Å²) < 4.78 is 56.4. The minimum atomic E-state index is -4.75. The SMILES string of the molecule is CCCCCc1ccc(C2CCc3c(ccc(-c4ccc(OC(F)(F)F)cc4)c3F)C2)cc1. The molecule has 1 atom stereocenters. The Kier molecular flexibility index (Phi) is 7.06. The number of hydrogen-bond donors (Lipinski definition) is 0. The number of benzene rings is 3. The van der Waals surface area contributed by atoms with E-state index in [9.17, 15) is 13.2 Å². The van der Waals surface area contributed by atoms with E-state index < -0.39 is 6.36 Å². The van der Waals surface area contributed by atoms with E-state index in [1.807, 2.05) is 6.07 Å². The number of hydrogen-bond acceptors (Lipinski definition) is 1. The first-order valence-electron chi connectivity index (χ1n) is 11.6. The minimum absolute atomic E-state index is 0.276. The third-order valence-corrected chi connectivity index (χ3v) is 6.47. The van der Waals surface area contributed by atoms with E-state index in [-0.39, 0.29) is 11.6 Å². The lowest BCUT2D eigenvalue weighted by Crippen LogP contribution is -2.17. The predicted octanol–water partition coefficient (Wildman–Crippen LogP) is 8.40. The minimum Gasteiger partial charge on any atom is -0.406 e. The molecule has 0 heterocycles. The molecule has 1 nitrogen and oxygen atoms in total. The summed E-state index contributed by atoms with van der Waals surface area (Å²) in [5.41, 5.74) is 5.33. The van der Waals surface area contributed by atoms with Crippen molar-refractivity contribution < 1.29 is 22.3 Å². The van der Waals surface area contributed by atoms with Crippen molar-refractivity contribution in [3.05, 3.63) is 88.7 Å². The molecule has 0 bridgehead atoms. The van der Waals surface area contributed by atoms with Crippen LogP contribution in [-0.2, 0) is 19.3 Å². The molecule has 0 N–H and O–H groups in total. The highest BCUT2D eigenvalue weighted by atomic mass is 19.4. The van der Waals surface area contributed by atoms with Gasteiger partial charge in [-0.2, -0.15) is 0 Å². The fraction of sp³-hybridized carbons (Fsp3) is 0.357. The van der Waals surface area contributed by atoms with Gasteiger partial charge >= 0.3 is 6.36 Å². The summed E-state index contributed by atoms with van der Waals surface area (Å²) in [5, 5.41) is 0. The van der Waals surface area contributed by atoms with Gasteiger partial charge < -0.3 is 4.74 Å². The summed E-state index contributed by atoms with van der Waals surface area (Å²) in [6.45, 7) is 2.21. The second-order valence-electron chi connectivity index (χ2n) is 8.78. The Morgan fingerprint density at radius 3 is 2.30 bits per heavy atom. The van der Waals surface area contributed by atoms with Gasteiger partial charge in [0.1, 0.15) is 11.6 Å². The second kappa shape index (κ2) is 9.98. The number of ether oxygens (including phenoxy) is 1. The third-order valence-electron chi connectivity index (χ3n) is 6.47. The average molecular weight is 457 g/mol. The molecule has 0 aromatic heterocycles. The summed E-state index contributed by atoms with van der Waals surface area (Å²) in [4.78, 5) is 0. The molecular formula is C28H28F4O. The molecule has 0 aliphatic heterocycles. The maximum absolute atomic E-state index is 15.3. The molecule has 33 heavy (non-hydrogen) atoms. The van der Waals surface area contributed by atoms with Crippen molar-refractivity contribution in [1.29, 1.82) is 0 Å². The van der Waals surface area contributed by atoms with Gasteiger partial charge in [0.2, 0.25) is 0 Å². The van der Waals surface area contributed by atoms with Crippen LogP contribution >= 0.6 is 0 Å². The first-order valence-corrected chi connectivity index (χ1v) is 11.6. The lowest BCUT2D eigenvalue weighted by molar-refractivity contribution is -0.274. The van der Waals surface area contributed by atoms with Gasteiger partial charge in [-0.15, -0.1) is 13.2 Å². The molecule has 3 aromatic rings. The van der Waals surface area contributed by atoms with E-state index in [1.54, 1.807) is 6.07 Å². The Morgan fingerprint density at radius 1 is 0.909 bits per heavy atom. The maximum atomic E-state index is 15.3. The zero-order chi connectivity index (χ0) is 23.4. The molecule has 3 aromatic carbocycles. The molecule has 0 saturated carbocycles. The molecular weight excluding hydrogens is 428 g/mol. The first-order chi connectivity index (χ1) is 15.8. The molecule has 1 aliphatic rings. The van der Waals surface area contributed by atoms with Crippen LogP contribution in [0.25, 0.3) is 11.1 Å². The van der Waals surface area contributed by atoms with Crippen LogP contribution < -0.4 is 4.74 Å². The van der Waals surface area contributed by atoms with Gasteiger partial charge in [-0.05, 0) is 78.0 Å². The van der Waals surface area contributed by atoms with E-state index in [4.69, 9.17) is 0 Å². The van der Waals surface area contributed by atoms with Crippen molar-refractivity contribution in [2.75, 3.05) is 0 Å². The van der Waals surface area contributed by atoms with Crippen LogP contribution in [0.3, 0.4) is 0 Å². The molecule has 0 radical (unpaired) electrons. The summed E-state index contributed by atoms with van der Waals surface area (Å²) in [6.07, 6.45) is 2.36. The molecule has 0 amide bonds. The van der Waals surface area contributed by atoms with Crippen molar-refractivity contribution in [3.8, 4) is 16.9 Å². The molecule has 1 aliphatic carbocycles. The number of aryl methyl sites for hydroxylation is 1. The molecule has 0 saturated heterocycles. The number of unbranched alkanes of at least 4 members (excludes halogenated alkanes) is 2. The number of rotatable bonds is 7. The van der Waals surface area contributed by atoms with Crippen molar-refractivity contribution in [2.24, 2.45) is 0 Å². The van der Waals surface area contributed by atoms with Crippen LogP contribution in [0.1, 0.15) is 60.8 Å². The van der Waals surface area contributed by atoms with Crippen LogP contribution in [0.15, 0.2) is 60.7 Å². The Labute approximate surface area is 192 Å². The number of alkyl halides is 3. The Morgan fingerprint density at radius 2 is 1.64 bits per heavy atom. The highest BCUT2D eigenvalue weighted by Crippen LogP contribution is 2.37. The van der Waals surface area contributed by atoms with Gasteiger partial charge in [-0.3, -0.25) is 0 Å². The van der Waals surface area contributed by atoms with Gasteiger partial charge in [-0.1, -0.05) is 68.3 Å². The lowest BCUT2D eigenvalue weighted by atomic mass is 9.79. The summed E-state index contributed by atoms with van der Waals surface area (Å²) in [5.74, 6) is -0.225. The Balaban J connectivity index is 1.47. The molecule has 0 spiro atoms. The summed E-state index contributed by atoms with van der Waals surface area (Å²) in [6, 6.07) is 17.9. The van der Waals surface area contributed by atoms with Crippen LogP contribution in [0, 0.1) is 5.82 Å². The van der Waals surface area contributed by atoms with Crippen molar-refractivity contribution in [1.82, 2.24) is 0 Å². The number of halogens is 4. The van der Waals surface area contributed by atoms with Crippen LogP contribution in [0.4, 0.5) is 17.6 Å². The van der Waals surface area contributed by atoms with Gasteiger partial charge in [0.05, 0.1) is 0 Å². The summed E-state index contributed by atoms with van der Waals surface area (Å²) in [7, 11) is 0. The van der Waals surface area contributed by atoms with E-state index in [2.05, 4.69) is 35.9 Å².